The summed E-state index contributed by atoms with van der Waals surface area (Å²) in [7, 11) is -3.19. The molecule has 0 aliphatic carbocycles. The number of ether oxygens (including phenoxy) is 2. The summed E-state index contributed by atoms with van der Waals surface area (Å²) in [6.07, 6.45) is 1.53. The van der Waals surface area contributed by atoms with E-state index < -0.39 is 49.0 Å². The fourth-order valence-electron chi connectivity index (χ4n) is 2.67. The van der Waals surface area contributed by atoms with Crippen molar-refractivity contribution in [3.63, 3.8) is 0 Å². The molecule has 31 heavy (non-hydrogen) atoms. The Morgan fingerprint density at radius 1 is 1.23 bits per heavy atom. The largest absolute Gasteiger partial charge is 0.468 e. The first-order valence-corrected chi connectivity index (χ1v) is 10.9. The molecular formula is C20H28N2O8S. The summed E-state index contributed by atoms with van der Waals surface area (Å²) in [4.78, 5) is 34.6. The van der Waals surface area contributed by atoms with Crippen molar-refractivity contribution in [1.82, 2.24) is 4.31 Å². The quantitative estimate of drug-likeness (QED) is 0.163. The Morgan fingerprint density at radius 3 is 2.35 bits per heavy atom. The van der Waals surface area contributed by atoms with Crippen LogP contribution in [0.15, 0.2) is 41.8 Å². The molecule has 172 valence electrons. The zero-order chi connectivity index (χ0) is 23.8. The maximum atomic E-state index is 13.2. The fourth-order valence-corrected chi connectivity index (χ4v) is 4.30. The number of methoxy groups -OCH3 is 1. The number of benzene rings is 1. The van der Waals surface area contributed by atoms with E-state index in [9.17, 15) is 28.1 Å². The highest BCUT2D eigenvalue weighted by Crippen LogP contribution is 2.27. The highest BCUT2D eigenvalue weighted by atomic mass is 32.2. The van der Waals surface area contributed by atoms with Gasteiger partial charge >= 0.3 is 11.9 Å². The number of rotatable bonds is 11. The monoisotopic (exact) mass is 456 g/mol. The second kappa shape index (κ2) is 11.0. The van der Waals surface area contributed by atoms with E-state index in [1.807, 2.05) is 0 Å². The van der Waals surface area contributed by atoms with Gasteiger partial charge in [-0.25, -0.2) is 8.42 Å². The Labute approximate surface area is 182 Å². The summed E-state index contributed by atoms with van der Waals surface area (Å²) in [5, 5.41) is 11.3. The summed E-state index contributed by atoms with van der Waals surface area (Å²) >= 11 is 0. The minimum atomic E-state index is -4.30. The van der Waals surface area contributed by atoms with Crippen molar-refractivity contribution in [3.8, 4) is 0 Å². The average molecular weight is 457 g/mol. The minimum absolute atomic E-state index is 0.0416. The van der Waals surface area contributed by atoms with E-state index in [0.29, 0.717) is 0 Å². The first-order valence-electron chi connectivity index (χ1n) is 9.50. The molecule has 0 unspecified atom stereocenters. The Bertz CT molecular complexity index is 921. The first-order chi connectivity index (χ1) is 14.3. The van der Waals surface area contributed by atoms with Gasteiger partial charge in [0.25, 0.3) is 5.69 Å². The van der Waals surface area contributed by atoms with Gasteiger partial charge in [-0.3, -0.25) is 19.7 Å². The summed E-state index contributed by atoms with van der Waals surface area (Å²) in [6.45, 7) is 8.16. The van der Waals surface area contributed by atoms with Crippen LogP contribution in [0.2, 0.25) is 0 Å². The van der Waals surface area contributed by atoms with Crippen molar-refractivity contribution in [2.75, 3.05) is 20.2 Å². The zero-order valence-electron chi connectivity index (χ0n) is 18.1. The third-order valence-corrected chi connectivity index (χ3v) is 6.05. The number of nitro benzene ring substituents is 1. The minimum Gasteiger partial charge on any atom is -0.468 e. The molecule has 0 spiro atoms. The van der Waals surface area contributed by atoms with Crippen LogP contribution < -0.4 is 0 Å². The van der Waals surface area contributed by atoms with Gasteiger partial charge in [-0.15, -0.1) is 6.58 Å². The number of esters is 2. The van der Waals surface area contributed by atoms with Crippen LogP contribution in [0.3, 0.4) is 0 Å². The SMILES string of the molecule is C=CCCN(CC[C@@H](C(=O)OC)C(=O)OC(C)(C)C)S(=O)(=O)c1ccccc1[N+](=O)[O-]. The van der Waals surface area contributed by atoms with Gasteiger partial charge in [-0.2, -0.15) is 4.31 Å². The third-order valence-electron chi connectivity index (χ3n) is 4.11. The van der Waals surface area contributed by atoms with Crippen LogP contribution in [0, 0.1) is 16.0 Å². The van der Waals surface area contributed by atoms with Gasteiger partial charge in [0, 0.05) is 19.2 Å². The van der Waals surface area contributed by atoms with Crippen molar-refractivity contribution in [1.29, 1.82) is 0 Å². The fraction of sp³-hybridized carbons (Fsp3) is 0.500. The molecule has 0 N–H and O–H groups in total. The van der Waals surface area contributed by atoms with Crippen molar-refractivity contribution in [2.45, 2.75) is 44.1 Å². The Morgan fingerprint density at radius 2 is 1.84 bits per heavy atom. The second-order valence-corrected chi connectivity index (χ2v) is 9.51. The van der Waals surface area contributed by atoms with Crippen LogP contribution in [0.1, 0.15) is 33.6 Å². The van der Waals surface area contributed by atoms with Crippen LogP contribution in [0.4, 0.5) is 5.69 Å². The number of sulfonamides is 1. The van der Waals surface area contributed by atoms with E-state index in [4.69, 9.17) is 4.74 Å². The van der Waals surface area contributed by atoms with E-state index in [2.05, 4.69) is 11.3 Å². The lowest BCUT2D eigenvalue weighted by Gasteiger charge is -2.25. The number of nitrogens with zero attached hydrogens (tertiary/aromatic N) is 2. The Balaban J connectivity index is 3.24. The number of hydrogen-bond acceptors (Lipinski definition) is 8. The van der Waals surface area contributed by atoms with Crippen LogP contribution in [-0.4, -0.2) is 55.4 Å². The molecule has 0 saturated heterocycles. The van der Waals surface area contributed by atoms with Gasteiger partial charge in [-0.1, -0.05) is 18.2 Å². The second-order valence-electron chi connectivity index (χ2n) is 7.60. The van der Waals surface area contributed by atoms with Crippen molar-refractivity contribution in [3.05, 3.63) is 47.0 Å². The molecule has 1 aromatic rings. The molecule has 0 radical (unpaired) electrons. The van der Waals surface area contributed by atoms with Crippen molar-refractivity contribution >= 4 is 27.6 Å². The zero-order valence-corrected chi connectivity index (χ0v) is 18.9. The number of para-hydroxylation sites is 1. The normalized spacial score (nSPS) is 12.8. The van der Waals surface area contributed by atoms with Crippen LogP contribution >= 0.6 is 0 Å². The summed E-state index contributed by atoms with van der Waals surface area (Å²) in [5.41, 5.74) is -1.43. The van der Waals surface area contributed by atoms with Crippen molar-refractivity contribution < 1.29 is 32.4 Å². The molecule has 0 heterocycles. The number of nitro groups is 1. The predicted octanol–water partition coefficient (Wildman–Crippen LogP) is 2.68. The maximum absolute atomic E-state index is 13.2. The molecule has 0 aliphatic rings. The van der Waals surface area contributed by atoms with Crippen LogP contribution in [0.5, 0.6) is 0 Å². The average Bonchev–Trinajstić information content (AvgIpc) is 2.68. The summed E-state index contributed by atoms with van der Waals surface area (Å²) < 4.78 is 37.2. The standard InChI is InChI=1S/C20H28N2O8S/c1-6-7-13-21(31(27,28)17-11-9-8-10-16(17)22(25)26)14-12-15(18(23)29-5)19(24)30-20(2,3)4/h6,8-11,15H,1,7,12-14H2,2-5H3/t15-/m0/s1. The molecular weight excluding hydrogens is 428 g/mol. The highest BCUT2D eigenvalue weighted by molar-refractivity contribution is 7.89. The van der Waals surface area contributed by atoms with E-state index in [1.165, 1.54) is 18.2 Å². The van der Waals surface area contributed by atoms with Gasteiger partial charge < -0.3 is 9.47 Å². The maximum Gasteiger partial charge on any atom is 0.320 e. The Hall–Kier alpha value is -2.79. The molecule has 0 amide bonds. The van der Waals surface area contributed by atoms with Crippen LogP contribution in [0.25, 0.3) is 0 Å². The van der Waals surface area contributed by atoms with Crippen molar-refractivity contribution in [2.24, 2.45) is 5.92 Å². The molecule has 0 bridgehead atoms. The molecule has 1 rings (SSSR count). The van der Waals surface area contributed by atoms with Gasteiger partial charge in [0.15, 0.2) is 10.8 Å². The predicted molar refractivity (Wildman–Crippen MR) is 113 cm³/mol. The third kappa shape index (κ3) is 7.44. The van der Waals surface area contributed by atoms with Gasteiger partial charge in [0.1, 0.15) is 5.60 Å². The molecule has 1 atom stereocenters. The molecule has 0 aliphatic heterocycles. The lowest BCUT2D eigenvalue weighted by molar-refractivity contribution is -0.387. The van der Waals surface area contributed by atoms with E-state index >= 15 is 0 Å². The molecule has 0 saturated carbocycles. The molecule has 0 aromatic heterocycles. The lowest BCUT2D eigenvalue weighted by Crippen LogP contribution is -2.38. The van der Waals surface area contributed by atoms with Gasteiger partial charge in [0.2, 0.25) is 10.0 Å². The summed E-state index contributed by atoms with van der Waals surface area (Å²) in [5.74, 6) is -3.05. The number of hydrogen-bond donors (Lipinski definition) is 0. The topological polar surface area (TPSA) is 133 Å². The molecule has 0 fully saturated rings. The van der Waals surface area contributed by atoms with E-state index in [1.54, 1.807) is 20.8 Å². The number of carbonyl (C=O) groups is 2. The smallest absolute Gasteiger partial charge is 0.320 e. The van der Waals surface area contributed by atoms with E-state index in [0.717, 1.165) is 23.5 Å². The first kappa shape index (κ1) is 26.2. The van der Waals surface area contributed by atoms with Crippen LogP contribution in [-0.2, 0) is 29.1 Å². The van der Waals surface area contributed by atoms with Gasteiger partial charge in [0.05, 0.1) is 12.0 Å². The molecule has 11 heteroatoms. The van der Waals surface area contributed by atoms with E-state index in [-0.39, 0.29) is 25.9 Å². The summed E-state index contributed by atoms with van der Waals surface area (Å²) in [6, 6.07) is 4.97. The Kier molecular flexibility index (Phi) is 9.32. The molecule has 1 aromatic carbocycles. The van der Waals surface area contributed by atoms with Gasteiger partial charge in [-0.05, 0) is 39.7 Å². The number of carbonyl (C=O) groups excluding carboxylic acids is 2. The molecule has 10 nitrogen and oxygen atoms in total. The lowest BCUT2D eigenvalue weighted by atomic mass is 10.1. The highest BCUT2D eigenvalue weighted by Gasteiger charge is 2.36.